The molecular weight excluding hydrogens is 528 g/mol. The van der Waals surface area contributed by atoms with E-state index in [1.54, 1.807) is 16.3 Å². The number of nitrogens with one attached hydrogen (secondary N) is 1. The third kappa shape index (κ3) is 6.00. The molecule has 4 rings (SSSR count). The van der Waals surface area contributed by atoms with Crippen molar-refractivity contribution in [2.75, 3.05) is 6.61 Å². The third-order valence-corrected chi connectivity index (χ3v) is 8.01. The normalized spacial score (nSPS) is 23.9. The number of rotatable bonds is 7. The fourth-order valence-corrected chi connectivity index (χ4v) is 5.95. The number of carbonyl (C=O) groups is 2. The number of ether oxygens (including phenoxy) is 3. The van der Waals surface area contributed by atoms with Crippen molar-refractivity contribution in [1.29, 1.82) is 0 Å². The van der Waals surface area contributed by atoms with Gasteiger partial charge in [-0.2, -0.15) is 0 Å². The van der Waals surface area contributed by atoms with Crippen LogP contribution in [0.1, 0.15) is 32.4 Å². The Hall–Kier alpha value is -2.67. The van der Waals surface area contributed by atoms with Crippen LogP contribution in [0.3, 0.4) is 0 Å². The number of aryl methyl sites for hydroxylation is 1. The number of hydrogen-bond donors (Lipinski definition) is 1. The van der Waals surface area contributed by atoms with Crippen LogP contribution in [0.4, 0.5) is 0 Å². The van der Waals surface area contributed by atoms with E-state index in [9.17, 15) is 14.4 Å². The molecule has 3 heterocycles. The molecule has 13 heteroatoms. The van der Waals surface area contributed by atoms with Crippen molar-refractivity contribution in [2.45, 2.75) is 56.3 Å². The van der Waals surface area contributed by atoms with Gasteiger partial charge in [0.05, 0.1) is 24.0 Å². The smallest absolute Gasteiger partial charge is 0.304 e. The van der Waals surface area contributed by atoms with E-state index in [2.05, 4.69) is 15.3 Å². The monoisotopic (exact) mass is 552 g/mol. The Morgan fingerprint density at radius 2 is 2.08 bits per heavy atom. The second-order valence-electron chi connectivity index (χ2n) is 8.44. The molecule has 5 atom stereocenters. The zero-order chi connectivity index (χ0) is 26.0. The van der Waals surface area contributed by atoms with Gasteiger partial charge in [-0.05, 0) is 24.6 Å². The summed E-state index contributed by atoms with van der Waals surface area (Å²) in [5.41, 5.74) is 1.28. The molecule has 2 unspecified atom stereocenters. The predicted octanol–water partition coefficient (Wildman–Crippen LogP) is 3.85. The number of nitrogens with zero attached hydrogens (tertiary/aromatic N) is 3. The molecule has 1 N–H and O–H groups in total. The average Bonchev–Trinajstić information content (AvgIpc) is 3.46. The van der Waals surface area contributed by atoms with Crippen molar-refractivity contribution in [1.82, 2.24) is 20.0 Å². The van der Waals surface area contributed by atoms with Crippen LogP contribution in [0.2, 0.25) is 5.02 Å². The number of benzene rings is 1. The second-order valence-corrected chi connectivity index (χ2v) is 10.9. The summed E-state index contributed by atoms with van der Waals surface area (Å²) >= 11 is 8.71. The van der Waals surface area contributed by atoms with Gasteiger partial charge >= 0.3 is 16.8 Å². The minimum absolute atomic E-state index is 0.0188. The lowest BCUT2D eigenvalue weighted by Gasteiger charge is -2.44. The van der Waals surface area contributed by atoms with Crippen LogP contribution < -0.4 is 4.87 Å². The summed E-state index contributed by atoms with van der Waals surface area (Å²) in [6.45, 7) is 6.50. The Morgan fingerprint density at radius 3 is 2.72 bits per heavy atom. The molecule has 1 fully saturated rings. The second kappa shape index (κ2) is 11.2. The fourth-order valence-electron chi connectivity index (χ4n) is 3.98. The first-order valence-electron chi connectivity index (χ1n) is 11.1. The Bertz CT molecular complexity index is 1310. The van der Waals surface area contributed by atoms with Gasteiger partial charge in [-0.3, -0.25) is 14.4 Å². The Balaban J connectivity index is 1.72. The van der Waals surface area contributed by atoms with Gasteiger partial charge in [0.1, 0.15) is 17.7 Å². The van der Waals surface area contributed by atoms with Crippen LogP contribution in [0.15, 0.2) is 39.5 Å². The molecule has 192 valence electrons. The molecule has 0 bridgehead atoms. The maximum atomic E-state index is 12.2. The van der Waals surface area contributed by atoms with E-state index < -0.39 is 35.6 Å². The van der Waals surface area contributed by atoms with Crippen LogP contribution in [-0.2, 0) is 23.8 Å². The maximum Gasteiger partial charge on any atom is 0.304 e. The standard InChI is InChI=1S/C23H25ClN4O6S2/c1-11-5-6-15(7-16(11)24)36-22-21(33-14(4)30)20(12(2)19(34-22)9-32-13(3)29)28-8-17(26-27-28)18-10-35-23(31)25-18/h5-8,10,12,19-22H,9H2,1-4H3,(H,25,31)/t12-,19?,20?,21-,22+/m0/s1. The van der Waals surface area contributed by atoms with E-state index in [-0.39, 0.29) is 17.4 Å². The number of H-pyrrole nitrogens is 1. The minimum Gasteiger partial charge on any atom is -0.463 e. The van der Waals surface area contributed by atoms with Gasteiger partial charge in [0, 0.05) is 35.1 Å². The number of hydrogen-bond acceptors (Lipinski definition) is 10. The number of carbonyl (C=O) groups excluding carboxylic acids is 2. The van der Waals surface area contributed by atoms with Gasteiger partial charge in [0.25, 0.3) is 0 Å². The van der Waals surface area contributed by atoms with E-state index >= 15 is 0 Å². The number of esters is 2. The van der Waals surface area contributed by atoms with Crippen LogP contribution in [-0.4, -0.2) is 56.2 Å². The topological polar surface area (TPSA) is 125 Å². The largest absolute Gasteiger partial charge is 0.463 e. The molecule has 0 spiro atoms. The number of thiazole rings is 1. The van der Waals surface area contributed by atoms with Crippen LogP contribution >= 0.6 is 34.7 Å². The highest BCUT2D eigenvalue weighted by molar-refractivity contribution is 7.99. The molecule has 0 saturated carbocycles. The summed E-state index contributed by atoms with van der Waals surface area (Å²) in [6, 6.07) is 5.13. The minimum atomic E-state index is -0.757. The van der Waals surface area contributed by atoms with Crippen LogP contribution in [0.5, 0.6) is 0 Å². The summed E-state index contributed by atoms with van der Waals surface area (Å²) in [5, 5.41) is 10.8. The first-order chi connectivity index (χ1) is 17.1. The van der Waals surface area contributed by atoms with E-state index in [0.29, 0.717) is 16.4 Å². The molecule has 2 aromatic heterocycles. The predicted molar refractivity (Wildman–Crippen MR) is 135 cm³/mol. The zero-order valence-corrected chi connectivity index (χ0v) is 22.4. The molecule has 0 radical (unpaired) electrons. The number of aromatic nitrogens is 4. The van der Waals surface area contributed by atoms with Crippen molar-refractivity contribution in [3.05, 3.63) is 50.0 Å². The quantitative estimate of drug-likeness (QED) is 0.435. The van der Waals surface area contributed by atoms with Gasteiger partial charge in [0.15, 0.2) is 6.10 Å². The van der Waals surface area contributed by atoms with E-state index in [4.69, 9.17) is 25.8 Å². The zero-order valence-electron chi connectivity index (χ0n) is 20.0. The van der Waals surface area contributed by atoms with E-state index in [0.717, 1.165) is 21.8 Å². The molecule has 10 nitrogen and oxygen atoms in total. The van der Waals surface area contributed by atoms with Gasteiger partial charge in [0.2, 0.25) is 0 Å². The van der Waals surface area contributed by atoms with Crippen LogP contribution in [0, 0.1) is 12.8 Å². The van der Waals surface area contributed by atoms with Gasteiger partial charge in [-0.1, -0.05) is 52.9 Å². The SMILES string of the molecule is CC(=O)OCC1O[C@H](Sc2ccc(C)c(Cl)c2)[C@@H](OC(C)=O)C(n2cc(-c3csc(=O)[nH]3)nn2)[C@H]1C. The lowest BCUT2D eigenvalue weighted by molar-refractivity contribution is -0.185. The molecular formula is C23H25ClN4O6S2. The third-order valence-electron chi connectivity index (χ3n) is 5.80. The molecule has 3 aromatic rings. The summed E-state index contributed by atoms with van der Waals surface area (Å²) in [5.74, 6) is -1.19. The van der Waals surface area contributed by atoms with Gasteiger partial charge in [-0.25, -0.2) is 4.68 Å². The molecule has 0 amide bonds. The van der Waals surface area contributed by atoms with Gasteiger partial charge in [-0.15, -0.1) is 5.10 Å². The van der Waals surface area contributed by atoms with Crippen molar-refractivity contribution in [3.8, 4) is 11.4 Å². The van der Waals surface area contributed by atoms with Crippen molar-refractivity contribution in [3.63, 3.8) is 0 Å². The van der Waals surface area contributed by atoms with Crippen molar-refractivity contribution >= 4 is 46.6 Å². The summed E-state index contributed by atoms with van der Waals surface area (Å²) < 4.78 is 19.0. The van der Waals surface area contributed by atoms with E-state index in [1.807, 2.05) is 32.0 Å². The summed E-state index contributed by atoms with van der Waals surface area (Å²) in [6.07, 6.45) is 0.416. The number of thioether (sulfide) groups is 1. The van der Waals surface area contributed by atoms with Crippen molar-refractivity contribution < 1.29 is 23.8 Å². The maximum absolute atomic E-state index is 12.2. The number of halogens is 1. The Morgan fingerprint density at radius 1 is 1.31 bits per heavy atom. The first kappa shape index (κ1) is 26.4. The highest BCUT2D eigenvalue weighted by Crippen LogP contribution is 2.43. The highest BCUT2D eigenvalue weighted by atomic mass is 35.5. The lowest BCUT2D eigenvalue weighted by Crippen LogP contribution is -2.52. The molecule has 1 aliphatic heterocycles. The molecule has 1 saturated heterocycles. The number of aromatic amines is 1. The van der Waals surface area contributed by atoms with Crippen LogP contribution in [0.25, 0.3) is 11.4 Å². The highest BCUT2D eigenvalue weighted by Gasteiger charge is 2.48. The fraction of sp³-hybridized carbons (Fsp3) is 0.435. The Kier molecular flexibility index (Phi) is 8.18. The molecule has 36 heavy (non-hydrogen) atoms. The van der Waals surface area contributed by atoms with Crippen molar-refractivity contribution in [2.24, 2.45) is 5.92 Å². The first-order valence-corrected chi connectivity index (χ1v) is 13.2. The Labute approximate surface area is 220 Å². The van der Waals surface area contributed by atoms with E-state index in [1.165, 1.54) is 25.6 Å². The summed E-state index contributed by atoms with van der Waals surface area (Å²) in [4.78, 5) is 38.6. The molecule has 1 aromatic carbocycles. The lowest BCUT2D eigenvalue weighted by atomic mass is 9.89. The summed E-state index contributed by atoms with van der Waals surface area (Å²) in [7, 11) is 0. The average molecular weight is 553 g/mol. The van der Waals surface area contributed by atoms with Gasteiger partial charge < -0.3 is 19.2 Å². The molecule has 1 aliphatic rings. The molecule has 0 aliphatic carbocycles.